The summed E-state index contributed by atoms with van der Waals surface area (Å²) in [6.07, 6.45) is 0. The minimum Gasteiger partial charge on any atom is -0.483 e. The summed E-state index contributed by atoms with van der Waals surface area (Å²) in [7, 11) is 0. The van der Waals surface area contributed by atoms with E-state index in [1.807, 2.05) is 6.07 Å². The average Bonchev–Trinajstić information content (AvgIpc) is 2.54. The van der Waals surface area contributed by atoms with Crippen LogP contribution in [0.15, 0.2) is 36.4 Å². The lowest BCUT2D eigenvalue weighted by atomic mass is 9.80. The molecule has 0 spiro atoms. The molecule has 0 atom stereocenters. The lowest BCUT2D eigenvalue weighted by Gasteiger charge is -2.27. The van der Waals surface area contributed by atoms with Gasteiger partial charge in [-0.3, -0.25) is 4.79 Å². The van der Waals surface area contributed by atoms with Gasteiger partial charge in [0.15, 0.2) is 6.61 Å². The second-order valence-corrected chi connectivity index (χ2v) is 9.52. The van der Waals surface area contributed by atoms with Crippen LogP contribution in [-0.4, -0.2) is 12.5 Å². The van der Waals surface area contributed by atoms with Crippen LogP contribution < -0.4 is 10.1 Å². The zero-order valence-electron chi connectivity index (χ0n) is 16.7. The first-order valence-corrected chi connectivity index (χ1v) is 9.66. The van der Waals surface area contributed by atoms with Gasteiger partial charge >= 0.3 is 0 Å². The van der Waals surface area contributed by atoms with Gasteiger partial charge in [-0.2, -0.15) is 0 Å². The number of rotatable bonds is 4. The second kappa shape index (κ2) is 8.12. The van der Waals surface area contributed by atoms with Crippen LogP contribution in [0.25, 0.3) is 0 Å². The number of hydrogen-bond acceptors (Lipinski definition) is 2. The van der Waals surface area contributed by atoms with Gasteiger partial charge < -0.3 is 10.1 Å². The maximum atomic E-state index is 12.3. The molecule has 1 amide bonds. The maximum absolute atomic E-state index is 12.3. The molecule has 5 heteroatoms. The van der Waals surface area contributed by atoms with E-state index in [1.54, 1.807) is 18.2 Å². The van der Waals surface area contributed by atoms with Crippen molar-refractivity contribution in [2.45, 2.75) is 52.4 Å². The van der Waals surface area contributed by atoms with E-state index in [4.69, 9.17) is 27.9 Å². The first-order chi connectivity index (χ1) is 12.4. The third kappa shape index (κ3) is 5.88. The molecule has 0 fully saturated rings. The Kier molecular flexibility index (Phi) is 6.49. The summed E-state index contributed by atoms with van der Waals surface area (Å²) < 4.78 is 5.85. The van der Waals surface area contributed by atoms with E-state index in [0.717, 1.165) is 5.56 Å². The van der Waals surface area contributed by atoms with Crippen molar-refractivity contribution in [3.8, 4) is 5.75 Å². The third-order valence-electron chi connectivity index (χ3n) is 4.21. The first kappa shape index (κ1) is 21.6. The highest BCUT2D eigenvalue weighted by Gasteiger charge is 2.23. The van der Waals surface area contributed by atoms with Gasteiger partial charge in [-0.15, -0.1) is 0 Å². The van der Waals surface area contributed by atoms with Crippen LogP contribution in [0.5, 0.6) is 5.75 Å². The zero-order chi connectivity index (χ0) is 20.4. The maximum Gasteiger partial charge on any atom is 0.262 e. The van der Waals surface area contributed by atoms with Gasteiger partial charge in [0.1, 0.15) is 5.75 Å². The Morgan fingerprint density at radius 2 is 1.63 bits per heavy atom. The molecule has 0 aliphatic rings. The SMILES string of the molecule is CC(C)(C)c1ccc(OCC(=O)Nc2cc(Cl)ccc2Cl)c(C(C)(C)C)c1. The van der Waals surface area contributed by atoms with E-state index < -0.39 is 0 Å². The number of halogens is 2. The Bertz CT molecular complexity index is 833. The second-order valence-electron chi connectivity index (χ2n) is 8.67. The van der Waals surface area contributed by atoms with E-state index >= 15 is 0 Å². The molecule has 3 nitrogen and oxygen atoms in total. The normalized spacial score (nSPS) is 12.0. The van der Waals surface area contributed by atoms with Gasteiger partial charge in [0.05, 0.1) is 10.7 Å². The Labute approximate surface area is 172 Å². The van der Waals surface area contributed by atoms with Crippen molar-refractivity contribution in [2.24, 2.45) is 0 Å². The molecule has 0 bridgehead atoms. The molecule has 0 unspecified atom stereocenters. The summed E-state index contributed by atoms with van der Waals surface area (Å²) in [4.78, 5) is 12.3. The molecule has 0 radical (unpaired) electrons. The van der Waals surface area contributed by atoms with Crippen LogP contribution in [0, 0.1) is 0 Å². The topological polar surface area (TPSA) is 38.3 Å². The molecular weight excluding hydrogens is 381 g/mol. The fourth-order valence-corrected chi connectivity index (χ4v) is 2.97. The molecule has 0 saturated heterocycles. The number of amides is 1. The van der Waals surface area contributed by atoms with Crippen molar-refractivity contribution in [2.75, 3.05) is 11.9 Å². The molecule has 146 valence electrons. The highest BCUT2D eigenvalue weighted by Crippen LogP contribution is 2.35. The molecule has 0 aliphatic heterocycles. The number of nitrogens with one attached hydrogen (secondary N) is 1. The summed E-state index contributed by atoms with van der Waals surface area (Å²) in [5.74, 6) is 0.418. The van der Waals surface area contributed by atoms with Crippen LogP contribution in [-0.2, 0) is 15.6 Å². The Morgan fingerprint density at radius 1 is 0.963 bits per heavy atom. The van der Waals surface area contributed by atoms with Crippen molar-refractivity contribution in [3.63, 3.8) is 0 Å². The van der Waals surface area contributed by atoms with E-state index in [-0.39, 0.29) is 23.3 Å². The molecule has 0 aromatic heterocycles. The van der Waals surface area contributed by atoms with Crippen LogP contribution in [0.4, 0.5) is 5.69 Å². The molecule has 2 rings (SSSR count). The molecule has 0 saturated carbocycles. The van der Waals surface area contributed by atoms with Gasteiger partial charge in [0, 0.05) is 5.02 Å². The van der Waals surface area contributed by atoms with Crippen molar-refractivity contribution in [1.82, 2.24) is 0 Å². The minimum absolute atomic E-state index is 0.0409. The van der Waals surface area contributed by atoms with E-state index in [9.17, 15) is 4.79 Å². The molecule has 0 heterocycles. The van der Waals surface area contributed by atoms with E-state index in [0.29, 0.717) is 21.5 Å². The highest BCUT2D eigenvalue weighted by atomic mass is 35.5. The number of benzene rings is 2. The van der Waals surface area contributed by atoms with Crippen LogP contribution in [0.2, 0.25) is 10.0 Å². The summed E-state index contributed by atoms with van der Waals surface area (Å²) in [6, 6.07) is 11.1. The van der Waals surface area contributed by atoms with E-state index in [2.05, 4.69) is 59.0 Å². The van der Waals surface area contributed by atoms with Gasteiger partial charge in [-0.25, -0.2) is 0 Å². The van der Waals surface area contributed by atoms with Crippen LogP contribution >= 0.6 is 23.2 Å². The molecule has 2 aromatic carbocycles. The standard InChI is InChI=1S/C22H27Cl2NO2/c1-21(2,3)14-7-10-19(16(11-14)22(4,5)6)27-13-20(26)25-18-12-15(23)8-9-17(18)24/h7-12H,13H2,1-6H3,(H,25,26). The number of hydrogen-bond donors (Lipinski definition) is 1. The molecule has 0 aliphatic carbocycles. The highest BCUT2D eigenvalue weighted by molar-refractivity contribution is 6.35. The van der Waals surface area contributed by atoms with Crippen molar-refractivity contribution < 1.29 is 9.53 Å². The van der Waals surface area contributed by atoms with Crippen molar-refractivity contribution in [3.05, 3.63) is 57.6 Å². The lowest BCUT2D eigenvalue weighted by molar-refractivity contribution is -0.118. The Morgan fingerprint density at radius 3 is 2.22 bits per heavy atom. The fraction of sp³-hybridized carbons (Fsp3) is 0.409. The van der Waals surface area contributed by atoms with Crippen molar-refractivity contribution in [1.29, 1.82) is 0 Å². The number of ether oxygens (including phenoxy) is 1. The number of carbonyl (C=O) groups is 1. The summed E-state index contributed by atoms with van der Waals surface area (Å²) >= 11 is 12.0. The monoisotopic (exact) mass is 407 g/mol. The molecule has 2 aromatic rings. The van der Waals surface area contributed by atoms with Gasteiger partial charge in [0.2, 0.25) is 0 Å². The minimum atomic E-state index is -0.293. The van der Waals surface area contributed by atoms with Crippen LogP contribution in [0.3, 0.4) is 0 Å². The average molecular weight is 408 g/mol. The largest absolute Gasteiger partial charge is 0.483 e. The predicted octanol–water partition coefficient (Wildman–Crippen LogP) is 6.61. The molecule has 1 N–H and O–H groups in total. The number of carbonyl (C=O) groups excluding carboxylic acids is 1. The Hall–Kier alpha value is -1.71. The van der Waals surface area contributed by atoms with Gasteiger partial charge in [-0.1, -0.05) is 76.9 Å². The van der Waals surface area contributed by atoms with Crippen molar-refractivity contribution >= 4 is 34.8 Å². The Balaban J connectivity index is 2.17. The summed E-state index contributed by atoms with van der Waals surface area (Å²) in [5.41, 5.74) is 2.71. The van der Waals surface area contributed by atoms with Gasteiger partial charge in [0.25, 0.3) is 5.91 Å². The molecule has 27 heavy (non-hydrogen) atoms. The quantitative estimate of drug-likeness (QED) is 0.619. The summed E-state index contributed by atoms with van der Waals surface area (Å²) in [5, 5.41) is 3.67. The lowest BCUT2D eigenvalue weighted by Crippen LogP contribution is -2.23. The zero-order valence-corrected chi connectivity index (χ0v) is 18.3. The third-order valence-corrected chi connectivity index (χ3v) is 4.78. The first-order valence-electron chi connectivity index (χ1n) is 8.90. The fourth-order valence-electron chi connectivity index (χ4n) is 2.63. The summed E-state index contributed by atoms with van der Waals surface area (Å²) in [6.45, 7) is 12.8. The van der Waals surface area contributed by atoms with Gasteiger partial charge in [-0.05, 0) is 46.2 Å². The van der Waals surface area contributed by atoms with E-state index in [1.165, 1.54) is 5.56 Å². The number of anilines is 1. The van der Waals surface area contributed by atoms with Crippen LogP contribution in [0.1, 0.15) is 52.7 Å². The molecular formula is C22H27Cl2NO2. The predicted molar refractivity (Wildman–Crippen MR) is 114 cm³/mol. The smallest absolute Gasteiger partial charge is 0.262 e.